The number of methoxy groups -OCH3 is 1. The maximum atomic E-state index is 14.8. The van der Waals surface area contributed by atoms with Gasteiger partial charge in [-0.05, 0) is 56.2 Å². The second-order valence-electron chi connectivity index (χ2n) is 10.3. The molecule has 3 aromatic rings. The van der Waals surface area contributed by atoms with Gasteiger partial charge in [-0.15, -0.1) is 0 Å². The number of nitrogens with one attached hydrogen (secondary N) is 1. The van der Waals surface area contributed by atoms with Crippen LogP contribution < -0.4 is 14.4 Å². The highest BCUT2D eigenvalue weighted by molar-refractivity contribution is 7.92. The number of sulfonamides is 1. The zero-order valence-electron chi connectivity index (χ0n) is 23.6. The van der Waals surface area contributed by atoms with Gasteiger partial charge in [-0.3, -0.25) is 13.9 Å². The number of carbonyl (C=O) groups excluding carboxylic acids is 2. The summed E-state index contributed by atoms with van der Waals surface area (Å²) in [5, 5.41) is 3.26. The van der Waals surface area contributed by atoms with Gasteiger partial charge in [0.25, 0.3) is 10.0 Å². The average Bonchev–Trinajstić information content (AvgIpc) is 2.99. The minimum Gasteiger partial charge on any atom is -0.495 e. The van der Waals surface area contributed by atoms with E-state index in [1.165, 1.54) is 54.5 Å². The van der Waals surface area contributed by atoms with Crippen LogP contribution in [0.5, 0.6) is 5.75 Å². The molecule has 0 unspecified atom stereocenters. The smallest absolute Gasteiger partial charge is 0.264 e. The van der Waals surface area contributed by atoms with Gasteiger partial charge in [-0.2, -0.15) is 0 Å². The summed E-state index contributed by atoms with van der Waals surface area (Å²) in [5.74, 6) is -1.45. The number of anilines is 1. The zero-order chi connectivity index (χ0) is 30.3. The first-order valence-corrected chi connectivity index (χ1v) is 15.7. The number of halogens is 2. The largest absolute Gasteiger partial charge is 0.495 e. The maximum absolute atomic E-state index is 14.8. The molecule has 2 amide bonds. The molecule has 3 aromatic carbocycles. The number of benzene rings is 3. The lowest BCUT2D eigenvalue weighted by Gasteiger charge is -2.33. The van der Waals surface area contributed by atoms with Crippen molar-refractivity contribution in [2.75, 3.05) is 18.0 Å². The van der Waals surface area contributed by atoms with Crippen LogP contribution in [0.3, 0.4) is 0 Å². The first-order chi connectivity index (χ1) is 20.1. The van der Waals surface area contributed by atoms with Gasteiger partial charge in [0.15, 0.2) is 0 Å². The number of ether oxygens (including phenoxy) is 1. The van der Waals surface area contributed by atoms with Gasteiger partial charge in [0, 0.05) is 23.2 Å². The van der Waals surface area contributed by atoms with E-state index in [0.29, 0.717) is 0 Å². The molecule has 0 spiro atoms. The van der Waals surface area contributed by atoms with Crippen LogP contribution in [0.25, 0.3) is 0 Å². The summed E-state index contributed by atoms with van der Waals surface area (Å²) < 4.78 is 49.0. The fourth-order valence-electron chi connectivity index (χ4n) is 5.05. The third-order valence-electron chi connectivity index (χ3n) is 7.44. The lowest BCUT2D eigenvalue weighted by Crippen LogP contribution is -2.53. The normalized spacial score (nSPS) is 14.6. The minimum atomic E-state index is -4.31. The Bertz CT molecular complexity index is 1500. The summed E-state index contributed by atoms with van der Waals surface area (Å²) in [6.07, 6.45) is 4.81. The molecule has 0 bridgehead atoms. The van der Waals surface area contributed by atoms with Crippen molar-refractivity contribution in [2.45, 2.75) is 62.6 Å². The van der Waals surface area contributed by atoms with Gasteiger partial charge in [-0.25, -0.2) is 12.8 Å². The van der Waals surface area contributed by atoms with E-state index in [2.05, 4.69) is 5.32 Å². The van der Waals surface area contributed by atoms with Crippen molar-refractivity contribution < 1.29 is 27.1 Å². The summed E-state index contributed by atoms with van der Waals surface area (Å²) >= 11 is 6.26. The Morgan fingerprint density at radius 1 is 1.02 bits per heavy atom. The highest BCUT2D eigenvalue weighted by Crippen LogP contribution is 2.35. The number of hydrogen-bond acceptors (Lipinski definition) is 5. The topological polar surface area (TPSA) is 96.0 Å². The summed E-state index contributed by atoms with van der Waals surface area (Å²) in [6, 6.07) is 17.1. The number of nitrogens with zero attached hydrogens (tertiary/aromatic N) is 2. The zero-order valence-corrected chi connectivity index (χ0v) is 25.2. The third kappa shape index (κ3) is 7.41. The van der Waals surface area contributed by atoms with E-state index in [4.69, 9.17) is 16.3 Å². The molecular weight excluding hydrogens is 581 g/mol. The summed E-state index contributed by atoms with van der Waals surface area (Å²) in [5.41, 5.74) is 0.244. The molecule has 4 rings (SSSR count). The van der Waals surface area contributed by atoms with E-state index in [1.54, 1.807) is 37.3 Å². The summed E-state index contributed by atoms with van der Waals surface area (Å²) in [7, 11) is -2.93. The molecule has 0 aliphatic heterocycles. The van der Waals surface area contributed by atoms with E-state index in [9.17, 15) is 22.4 Å². The van der Waals surface area contributed by atoms with E-state index in [0.717, 1.165) is 36.4 Å². The molecule has 8 nitrogen and oxygen atoms in total. The van der Waals surface area contributed by atoms with Crippen LogP contribution in [0, 0.1) is 5.82 Å². The van der Waals surface area contributed by atoms with Crippen LogP contribution in [0.4, 0.5) is 10.1 Å². The van der Waals surface area contributed by atoms with Crippen molar-refractivity contribution in [3.8, 4) is 5.75 Å². The molecule has 1 saturated carbocycles. The van der Waals surface area contributed by atoms with Crippen molar-refractivity contribution in [3.63, 3.8) is 0 Å². The highest BCUT2D eigenvalue weighted by atomic mass is 35.5. The molecule has 1 atom stereocenters. The molecular formula is C31H35ClFN3O5S. The number of carbonyl (C=O) groups is 2. The molecule has 1 aliphatic rings. The Morgan fingerprint density at radius 2 is 1.69 bits per heavy atom. The van der Waals surface area contributed by atoms with Gasteiger partial charge >= 0.3 is 0 Å². The second-order valence-corrected chi connectivity index (χ2v) is 12.6. The average molecular weight is 616 g/mol. The Morgan fingerprint density at radius 3 is 2.36 bits per heavy atom. The first-order valence-electron chi connectivity index (χ1n) is 13.9. The van der Waals surface area contributed by atoms with Crippen molar-refractivity contribution in [3.05, 3.63) is 89.2 Å². The Kier molecular flexibility index (Phi) is 10.5. The lowest BCUT2D eigenvalue weighted by atomic mass is 9.95. The molecule has 1 aliphatic carbocycles. The number of hydrogen-bond donors (Lipinski definition) is 1. The van der Waals surface area contributed by atoms with Crippen molar-refractivity contribution in [2.24, 2.45) is 0 Å². The molecule has 0 heterocycles. The predicted molar refractivity (Wildman–Crippen MR) is 160 cm³/mol. The van der Waals surface area contributed by atoms with Gasteiger partial charge in [0.2, 0.25) is 11.8 Å². The first kappa shape index (κ1) is 31.3. The SMILES string of the molecule is COc1ccc(Cl)cc1N(CC(=O)N(Cc1ccccc1F)[C@@H](C)C(=O)NC1CCCCC1)S(=O)(=O)c1ccccc1. The fourth-order valence-corrected chi connectivity index (χ4v) is 6.66. The van der Waals surface area contributed by atoms with Gasteiger partial charge in [0.1, 0.15) is 24.2 Å². The summed E-state index contributed by atoms with van der Waals surface area (Å²) in [4.78, 5) is 28.6. The van der Waals surface area contributed by atoms with Gasteiger partial charge in [0.05, 0.1) is 17.7 Å². The van der Waals surface area contributed by atoms with Crippen LogP contribution in [0.1, 0.15) is 44.6 Å². The molecule has 0 saturated heterocycles. The predicted octanol–water partition coefficient (Wildman–Crippen LogP) is 5.55. The summed E-state index contributed by atoms with van der Waals surface area (Å²) in [6.45, 7) is 0.632. The van der Waals surface area contributed by atoms with E-state index in [-0.39, 0.29) is 45.4 Å². The highest BCUT2D eigenvalue weighted by Gasteiger charge is 2.34. The van der Waals surface area contributed by atoms with E-state index in [1.807, 2.05) is 0 Å². The third-order valence-corrected chi connectivity index (χ3v) is 9.45. The van der Waals surface area contributed by atoms with Crippen molar-refractivity contribution in [1.29, 1.82) is 0 Å². The quantitative estimate of drug-likeness (QED) is 0.305. The van der Waals surface area contributed by atoms with Crippen LogP contribution >= 0.6 is 11.6 Å². The van der Waals surface area contributed by atoms with E-state index >= 15 is 0 Å². The molecule has 0 radical (unpaired) electrons. The van der Waals surface area contributed by atoms with Crippen LogP contribution in [-0.2, 0) is 26.2 Å². The Labute approximate surface area is 251 Å². The standard InChI is InChI=1S/C31H35ClFN3O5S/c1-22(31(38)34-25-12-5-3-6-13-25)35(20-23-11-9-10-16-27(23)33)30(37)21-36(28-19-24(32)17-18-29(28)41-2)42(39,40)26-14-7-4-8-15-26/h4,7-11,14-19,22,25H,3,5-6,12-13,20-21H2,1-2H3,(H,34,38)/t22-/m0/s1. The van der Waals surface area contributed by atoms with Gasteiger partial charge < -0.3 is 15.0 Å². The number of amides is 2. The van der Waals surface area contributed by atoms with Crippen molar-refractivity contribution >= 4 is 39.1 Å². The minimum absolute atomic E-state index is 0.00945. The fraction of sp³-hybridized carbons (Fsp3) is 0.355. The van der Waals surface area contributed by atoms with Crippen LogP contribution in [-0.4, -0.2) is 50.9 Å². The molecule has 42 heavy (non-hydrogen) atoms. The Hall–Kier alpha value is -3.63. The van der Waals surface area contributed by atoms with Gasteiger partial charge in [-0.1, -0.05) is 67.3 Å². The molecule has 11 heteroatoms. The molecule has 1 N–H and O–H groups in total. The molecule has 1 fully saturated rings. The molecule has 0 aromatic heterocycles. The van der Waals surface area contributed by atoms with Crippen LogP contribution in [0.15, 0.2) is 77.7 Å². The van der Waals surface area contributed by atoms with E-state index < -0.39 is 34.3 Å². The lowest BCUT2D eigenvalue weighted by molar-refractivity contribution is -0.139. The Balaban J connectivity index is 1.73. The second kappa shape index (κ2) is 14.0. The monoisotopic (exact) mass is 615 g/mol. The van der Waals surface area contributed by atoms with Crippen molar-refractivity contribution in [1.82, 2.24) is 10.2 Å². The number of rotatable bonds is 11. The molecule has 224 valence electrons. The van der Waals surface area contributed by atoms with Crippen LogP contribution in [0.2, 0.25) is 5.02 Å². The maximum Gasteiger partial charge on any atom is 0.264 e.